The third-order valence-corrected chi connectivity index (χ3v) is 1.00. The van der Waals surface area contributed by atoms with Gasteiger partial charge in [-0.3, -0.25) is 9.59 Å². The Morgan fingerprint density at radius 2 is 2.09 bits per heavy atom. The van der Waals surface area contributed by atoms with E-state index in [2.05, 4.69) is 5.32 Å². The zero-order valence-corrected chi connectivity index (χ0v) is 5.91. The molecule has 0 saturated carbocycles. The largest absolute Gasteiger partial charge is 0.480 e. The molecular formula is C5H11N3O3. The average Bonchev–Trinajstić information content (AvgIpc) is 1.98. The Bertz CT molecular complexity index is 159. The molecule has 6 nitrogen and oxygen atoms in total. The van der Waals surface area contributed by atoms with Gasteiger partial charge in [0.25, 0.3) is 0 Å². The van der Waals surface area contributed by atoms with Crippen molar-refractivity contribution in [2.75, 3.05) is 13.1 Å². The molecule has 0 radical (unpaired) electrons. The van der Waals surface area contributed by atoms with E-state index in [9.17, 15) is 9.59 Å². The van der Waals surface area contributed by atoms with Gasteiger partial charge in [-0.25, -0.2) is 0 Å². The van der Waals surface area contributed by atoms with Gasteiger partial charge in [-0.1, -0.05) is 0 Å². The Morgan fingerprint density at radius 1 is 1.55 bits per heavy atom. The number of carboxylic acids is 1. The van der Waals surface area contributed by atoms with Crippen LogP contribution in [0.4, 0.5) is 0 Å². The number of rotatable bonds is 4. The predicted octanol–water partition coefficient (Wildman–Crippen LogP) is -2.53. The van der Waals surface area contributed by atoms with Gasteiger partial charge in [0.1, 0.15) is 6.54 Å². The molecule has 0 aliphatic heterocycles. The van der Waals surface area contributed by atoms with E-state index < -0.39 is 24.5 Å². The van der Waals surface area contributed by atoms with Crippen LogP contribution in [0.5, 0.6) is 0 Å². The van der Waals surface area contributed by atoms with Crippen LogP contribution in [0.25, 0.3) is 0 Å². The number of carbonyl (C=O) groups excluding carboxylic acids is 1. The summed E-state index contributed by atoms with van der Waals surface area (Å²) in [7, 11) is 0. The Morgan fingerprint density at radius 3 is 2.45 bits per heavy atom. The van der Waals surface area contributed by atoms with Gasteiger partial charge in [-0.05, 0) is 0 Å². The highest BCUT2D eigenvalue weighted by molar-refractivity contribution is 5.85. The number of hydrogen-bond acceptors (Lipinski definition) is 4. The normalized spacial score (nSPS) is 12.2. The second-order valence-corrected chi connectivity index (χ2v) is 1.95. The molecule has 0 bridgehead atoms. The van der Waals surface area contributed by atoms with Crippen molar-refractivity contribution in [3.05, 3.63) is 0 Å². The summed E-state index contributed by atoms with van der Waals surface area (Å²) in [5.41, 5.74) is 10.2. The maximum atomic E-state index is 10.7. The van der Waals surface area contributed by atoms with Crippen LogP contribution in [-0.4, -0.2) is 36.1 Å². The lowest BCUT2D eigenvalue weighted by Gasteiger charge is -2.06. The topological polar surface area (TPSA) is 118 Å². The summed E-state index contributed by atoms with van der Waals surface area (Å²) < 4.78 is 0. The molecule has 11 heavy (non-hydrogen) atoms. The van der Waals surface area contributed by atoms with Gasteiger partial charge in [0.2, 0.25) is 5.91 Å². The third-order valence-electron chi connectivity index (χ3n) is 1.00. The van der Waals surface area contributed by atoms with Crippen LogP contribution in [0.2, 0.25) is 0 Å². The molecular weight excluding hydrogens is 150 g/mol. The molecule has 0 unspecified atom stereocenters. The van der Waals surface area contributed by atoms with Crippen molar-refractivity contribution in [3.8, 4) is 0 Å². The molecule has 0 aromatic rings. The monoisotopic (exact) mass is 161 g/mol. The van der Waals surface area contributed by atoms with Gasteiger partial charge in [-0.15, -0.1) is 0 Å². The summed E-state index contributed by atoms with van der Waals surface area (Å²) in [6.07, 6.45) is 0. The van der Waals surface area contributed by atoms with E-state index in [0.29, 0.717) is 0 Å². The van der Waals surface area contributed by atoms with Crippen LogP contribution in [-0.2, 0) is 9.59 Å². The Labute approximate surface area is 63.5 Å². The van der Waals surface area contributed by atoms with Crippen LogP contribution in [0, 0.1) is 0 Å². The summed E-state index contributed by atoms with van der Waals surface area (Å²) in [5, 5.41) is 10.2. The molecule has 0 fully saturated rings. The molecule has 1 atom stereocenters. The van der Waals surface area contributed by atoms with Crippen molar-refractivity contribution in [2.45, 2.75) is 6.04 Å². The molecule has 0 heterocycles. The summed E-state index contributed by atoms with van der Waals surface area (Å²) in [6, 6.07) is -0.825. The van der Waals surface area contributed by atoms with E-state index in [1.807, 2.05) is 0 Å². The molecule has 0 aromatic heterocycles. The molecule has 64 valence electrons. The average molecular weight is 161 g/mol. The van der Waals surface area contributed by atoms with Crippen LogP contribution in [0.3, 0.4) is 0 Å². The number of carbonyl (C=O) groups is 2. The molecule has 0 rings (SSSR count). The fourth-order valence-electron chi connectivity index (χ4n) is 0.401. The first-order valence-electron chi connectivity index (χ1n) is 3.03. The molecule has 0 aliphatic rings. The number of amides is 1. The molecule has 0 aromatic carbocycles. The van der Waals surface area contributed by atoms with Crippen LogP contribution in [0.1, 0.15) is 0 Å². The molecule has 6 N–H and O–H groups in total. The number of carboxylic acid groups (broad SMARTS) is 1. The van der Waals surface area contributed by atoms with Gasteiger partial charge in [0.15, 0.2) is 0 Å². The van der Waals surface area contributed by atoms with Crippen LogP contribution in [0.15, 0.2) is 0 Å². The van der Waals surface area contributed by atoms with Crippen molar-refractivity contribution < 1.29 is 14.7 Å². The highest BCUT2D eigenvalue weighted by Gasteiger charge is 2.10. The van der Waals surface area contributed by atoms with Gasteiger partial charge in [-0.2, -0.15) is 0 Å². The van der Waals surface area contributed by atoms with Crippen molar-refractivity contribution in [3.63, 3.8) is 0 Å². The van der Waals surface area contributed by atoms with E-state index in [1.54, 1.807) is 0 Å². The van der Waals surface area contributed by atoms with Crippen molar-refractivity contribution >= 4 is 11.9 Å². The highest BCUT2D eigenvalue weighted by Crippen LogP contribution is 1.73. The Balaban J connectivity index is 3.60. The number of aliphatic carboxylic acids is 1. The summed E-state index contributed by atoms with van der Waals surface area (Å²) in [5.74, 6) is -1.66. The standard InChI is InChI=1S/C5H11N3O3/c6-1-3(7)5(11)8-2-4(9)10/h3H,1-2,6-7H2,(H,8,11)(H,9,10)/t3-/m1/s1. The van der Waals surface area contributed by atoms with E-state index in [0.717, 1.165) is 0 Å². The second-order valence-electron chi connectivity index (χ2n) is 1.95. The fraction of sp³-hybridized carbons (Fsp3) is 0.600. The van der Waals surface area contributed by atoms with E-state index in [4.69, 9.17) is 16.6 Å². The van der Waals surface area contributed by atoms with E-state index in [-0.39, 0.29) is 6.54 Å². The lowest BCUT2D eigenvalue weighted by Crippen LogP contribution is -2.46. The zero-order chi connectivity index (χ0) is 8.85. The SMILES string of the molecule is NC[C@@H](N)C(=O)NCC(=O)O. The minimum atomic E-state index is -1.11. The molecule has 0 spiro atoms. The van der Waals surface area contributed by atoms with Crippen molar-refractivity contribution in [1.82, 2.24) is 5.32 Å². The summed E-state index contributed by atoms with van der Waals surface area (Å²) >= 11 is 0. The first-order valence-corrected chi connectivity index (χ1v) is 3.03. The minimum Gasteiger partial charge on any atom is -0.480 e. The van der Waals surface area contributed by atoms with Crippen LogP contribution < -0.4 is 16.8 Å². The lowest BCUT2D eigenvalue weighted by atomic mass is 10.3. The number of hydrogen-bond donors (Lipinski definition) is 4. The summed E-state index contributed by atoms with van der Waals surface area (Å²) in [6.45, 7) is -0.419. The molecule has 6 heteroatoms. The first kappa shape index (κ1) is 9.86. The van der Waals surface area contributed by atoms with E-state index >= 15 is 0 Å². The van der Waals surface area contributed by atoms with Crippen molar-refractivity contribution in [1.29, 1.82) is 0 Å². The zero-order valence-electron chi connectivity index (χ0n) is 5.91. The van der Waals surface area contributed by atoms with Crippen LogP contribution >= 0.6 is 0 Å². The van der Waals surface area contributed by atoms with Gasteiger partial charge in [0.05, 0.1) is 6.04 Å². The third kappa shape index (κ3) is 4.29. The van der Waals surface area contributed by atoms with Gasteiger partial charge >= 0.3 is 5.97 Å². The fourth-order valence-corrected chi connectivity index (χ4v) is 0.401. The van der Waals surface area contributed by atoms with Crippen molar-refractivity contribution in [2.24, 2.45) is 11.5 Å². The quantitative estimate of drug-likeness (QED) is 0.362. The smallest absolute Gasteiger partial charge is 0.322 e. The minimum absolute atomic E-state index is 0.00541. The predicted molar refractivity (Wildman–Crippen MR) is 37.7 cm³/mol. The number of nitrogens with two attached hydrogens (primary N) is 2. The first-order chi connectivity index (χ1) is 5.07. The maximum Gasteiger partial charge on any atom is 0.322 e. The second kappa shape index (κ2) is 4.64. The Hall–Kier alpha value is -1.14. The van der Waals surface area contributed by atoms with Gasteiger partial charge in [0, 0.05) is 6.54 Å². The Kier molecular flexibility index (Phi) is 4.16. The molecule has 1 amide bonds. The maximum absolute atomic E-state index is 10.7. The number of nitrogens with one attached hydrogen (secondary N) is 1. The highest BCUT2D eigenvalue weighted by atomic mass is 16.4. The van der Waals surface area contributed by atoms with Gasteiger partial charge < -0.3 is 21.9 Å². The van der Waals surface area contributed by atoms with E-state index in [1.165, 1.54) is 0 Å². The summed E-state index contributed by atoms with van der Waals surface area (Å²) in [4.78, 5) is 20.6. The molecule has 0 aliphatic carbocycles. The lowest BCUT2D eigenvalue weighted by molar-refractivity contribution is -0.138. The molecule has 0 saturated heterocycles.